The monoisotopic (exact) mass is 403 g/mol. The van der Waals surface area contributed by atoms with E-state index >= 15 is 0 Å². The van der Waals surface area contributed by atoms with Crippen molar-refractivity contribution in [3.8, 4) is 11.3 Å². The van der Waals surface area contributed by atoms with Gasteiger partial charge >= 0.3 is 6.18 Å². The van der Waals surface area contributed by atoms with Gasteiger partial charge in [0.05, 0.1) is 17.8 Å². The molecular formula is C21H20F3N3S. The lowest BCUT2D eigenvalue weighted by molar-refractivity contribution is -0.137. The van der Waals surface area contributed by atoms with Crippen LogP contribution >= 0.6 is 11.3 Å². The van der Waals surface area contributed by atoms with Crippen LogP contribution in [0.5, 0.6) is 0 Å². The summed E-state index contributed by atoms with van der Waals surface area (Å²) < 4.78 is 38.8. The van der Waals surface area contributed by atoms with Crippen molar-refractivity contribution in [1.82, 2.24) is 9.88 Å². The van der Waals surface area contributed by atoms with Crippen molar-refractivity contribution in [2.75, 3.05) is 31.1 Å². The summed E-state index contributed by atoms with van der Waals surface area (Å²) in [6, 6.07) is 15.7. The Labute approximate surface area is 166 Å². The number of benzene rings is 2. The standard InChI is InChI=1S/C21H20F3N3S/c22-21(23,24)17-7-4-8-18(13-17)27-11-9-26(10-12-27)14-20-25-19(15-28-20)16-5-2-1-3-6-16/h1-8,13,15H,9-12,14H2. The van der Waals surface area contributed by atoms with Crippen LogP contribution in [0.15, 0.2) is 60.0 Å². The lowest BCUT2D eigenvalue weighted by atomic mass is 10.1. The van der Waals surface area contributed by atoms with Gasteiger partial charge in [0.15, 0.2) is 0 Å². The smallest absolute Gasteiger partial charge is 0.369 e. The summed E-state index contributed by atoms with van der Waals surface area (Å²) in [7, 11) is 0. The summed E-state index contributed by atoms with van der Waals surface area (Å²) in [6.07, 6.45) is -4.31. The molecule has 3 nitrogen and oxygen atoms in total. The van der Waals surface area contributed by atoms with Crippen LogP contribution in [-0.4, -0.2) is 36.1 Å². The molecule has 2 aromatic carbocycles. The fourth-order valence-electron chi connectivity index (χ4n) is 3.36. The Bertz CT molecular complexity index is 916. The molecular weight excluding hydrogens is 383 g/mol. The third-order valence-corrected chi connectivity index (χ3v) is 5.72. The number of hydrogen-bond donors (Lipinski definition) is 0. The highest BCUT2D eigenvalue weighted by Gasteiger charge is 2.31. The minimum Gasteiger partial charge on any atom is -0.369 e. The average molecular weight is 403 g/mol. The molecule has 4 rings (SSSR count). The third kappa shape index (κ3) is 4.36. The third-order valence-electron chi connectivity index (χ3n) is 4.89. The Morgan fingerprint density at radius 1 is 0.929 bits per heavy atom. The van der Waals surface area contributed by atoms with Gasteiger partial charge in [0.2, 0.25) is 0 Å². The molecule has 0 amide bonds. The lowest BCUT2D eigenvalue weighted by Crippen LogP contribution is -2.46. The molecule has 1 saturated heterocycles. The van der Waals surface area contributed by atoms with Crippen LogP contribution in [0, 0.1) is 0 Å². The second-order valence-electron chi connectivity index (χ2n) is 6.80. The van der Waals surface area contributed by atoms with Crippen LogP contribution < -0.4 is 4.90 Å². The number of anilines is 1. The molecule has 1 aliphatic rings. The first-order chi connectivity index (χ1) is 13.5. The normalized spacial score (nSPS) is 15.8. The van der Waals surface area contributed by atoms with Gasteiger partial charge in [0.1, 0.15) is 5.01 Å². The van der Waals surface area contributed by atoms with E-state index in [2.05, 4.69) is 10.3 Å². The largest absolute Gasteiger partial charge is 0.416 e. The molecule has 0 unspecified atom stereocenters. The molecule has 1 aromatic heterocycles. The minimum atomic E-state index is -4.31. The molecule has 3 aromatic rings. The highest BCUT2D eigenvalue weighted by Crippen LogP contribution is 2.32. The van der Waals surface area contributed by atoms with Gasteiger partial charge in [0, 0.05) is 42.8 Å². The summed E-state index contributed by atoms with van der Waals surface area (Å²) in [5.41, 5.74) is 2.14. The highest BCUT2D eigenvalue weighted by molar-refractivity contribution is 7.09. The first kappa shape index (κ1) is 19.0. The molecule has 0 aliphatic carbocycles. The summed E-state index contributed by atoms with van der Waals surface area (Å²) in [4.78, 5) is 9.05. The zero-order valence-corrected chi connectivity index (χ0v) is 16.0. The Hall–Kier alpha value is -2.38. The zero-order chi connectivity index (χ0) is 19.6. The number of thiazole rings is 1. The average Bonchev–Trinajstić information content (AvgIpc) is 3.17. The maximum Gasteiger partial charge on any atom is 0.416 e. The first-order valence-electron chi connectivity index (χ1n) is 9.13. The topological polar surface area (TPSA) is 19.4 Å². The van der Waals surface area contributed by atoms with E-state index in [0.29, 0.717) is 18.8 Å². The Kier molecular flexibility index (Phi) is 5.37. The van der Waals surface area contributed by atoms with Gasteiger partial charge in [0.25, 0.3) is 0 Å². The van der Waals surface area contributed by atoms with Crippen molar-refractivity contribution in [2.24, 2.45) is 0 Å². The van der Waals surface area contributed by atoms with Crippen molar-refractivity contribution in [3.05, 3.63) is 70.5 Å². The second kappa shape index (κ2) is 7.93. The lowest BCUT2D eigenvalue weighted by Gasteiger charge is -2.36. The van der Waals surface area contributed by atoms with E-state index in [-0.39, 0.29) is 0 Å². The SMILES string of the molecule is FC(F)(F)c1cccc(N2CCN(Cc3nc(-c4ccccc4)cs3)CC2)c1. The van der Waals surface area contributed by atoms with E-state index < -0.39 is 11.7 Å². The van der Waals surface area contributed by atoms with Crippen LogP contribution in [0.4, 0.5) is 18.9 Å². The maximum absolute atomic E-state index is 12.9. The number of hydrogen-bond acceptors (Lipinski definition) is 4. The molecule has 0 bridgehead atoms. The molecule has 0 radical (unpaired) electrons. The molecule has 7 heteroatoms. The van der Waals surface area contributed by atoms with E-state index in [9.17, 15) is 13.2 Å². The number of piperazine rings is 1. The van der Waals surface area contributed by atoms with E-state index in [1.807, 2.05) is 35.2 Å². The van der Waals surface area contributed by atoms with E-state index in [4.69, 9.17) is 4.98 Å². The van der Waals surface area contributed by atoms with Crippen LogP contribution in [-0.2, 0) is 12.7 Å². The molecule has 0 atom stereocenters. The first-order valence-corrected chi connectivity index (χ1v) is 10.0. The molecule has 146 valence electrons. The Morgan fingerprint density at radius 2 is 1.68 bits per heavy atom. The van der Waals surface area contributed by atoms with Gasteiger partial charge < -0.3 is 4.90 Å². The van der Waals surface area contributed by atoms with Crippen molar-refractivity contribution in [2.45, 2.75) is 12.7 Å². The van der Waals surface area contributed by atoms with Crippen LogP contribution in [0.3, 0.4) is 0 Å². The second-order valence-corrected chi connectivity index (χ2v) is 7.75. The van der Waals surface area contributed by atoms with Gasteiger partial charge in [-0.15, -0.1) is 11.3 Å². The molecule has 1 fully saturated rings. The number of halogens is 3. The predicted octanol–water partition coefficient (Wildman–Crippen LogP) is 5.15. The van der Waals surface area contributed by atoms with Gasteiger partial charge in [-0.1, -0.05) is 36.4 Å². The summed E-state index contributed by atoms with van der Waals surface area (Å²) >= 11 is 1.65. The molecule has 0 saturated carbocycles. The van der Waals surface area contributed by atoms with Crippen molar-refractivity contribution < 1.29 is 13.2 Å². The maximum atomic E-state index is 12.9. The van der Waals surface area contributed by atoms with Crippen LogP contribution in [0.2, 0.25) is 0 Å². The Morgan fingerprint density at radius 3 is 2.39 bits per heavy atom. The van der Waals surface area contributed by atoms with Gasteiger partial charge in [-0.25, -0.2) is 4.98 Å². The molecule has 0 N–H and O–H groups in total. The van der Waals surface area contributed by atoms with Gasteiger partial charge in [-0.05, 0) is 18.2 Å². The fourth-order valence-corrected chi connectivity index (χ4v) is 4.20. The highest BCUT2D eigenvalue weighted by atomic mass is 32.1. The van der Waals surface area contributed by atoms with Crippen molar-refractivity contribution >= 4 is 17.0 Å². The zero-order valence-electron chi connectivity index (χ0n) is 15.2. The molecule has 0 spiro atoms. The quantitative estimate of drug-likeness (QED) is 0.601. The van der Waals surface area contributed by atoms with Crippen LogP contribution in [0.25, 0.3) is 11.3 Å². The predicted molar refractivity (Wildman–Crippen MR) is 106 cm³/mol. The summed E-state index contributed by atoms with van der Waals surface area (Å²) in [6.45, 7) is 3.79. The van der Waals surface area contributed by atoms with E-state index in [0.717, 1.165) is 42.0 Å². The Balaban J connectivity index is 1.36. The number of rotatable bonds is 4. The van der Waals surface area contributed by atoms with Crippen molar-refractivity contribution in [1.29, 1.82) is 0 Å². The number of nitrogens with zero attached hydrogens (tertiary/aromatic N) is 3. The number of alkyl halides is 3. The number of aromatic nitrogens is 1. The van der Waals surface area contributed by atoms with Crippen LogP contribution in [0.1, 0.15) is 10.6 Å². The van der Waals surface area contributed by atoms with Gasteiger partial charge in [-0.3, -0.25) is 4.90 Å². The minimum absolute atomic E-state index is 0.594. The van der Waals surface area contributed by atoms with E-state index in [1.54, 1.807) is 17.4 Å². The van der Waals surface area contributed by atoms with Crippen molar-refractivity contribution in [3.63, 3.8) is 0 Å². The van der Waals surface area contributed by atoms with E-state index in [1.165, 1.54) is 12.1 Å². The fraction of sp³-hybridized carbons (Fsp3) is 0.286. The summed E-state index contributed by atoms with van der Waals surface area (Å²) in [5.74, 6) is 0. The molecule has 1 aliphatic heterocycles. The molecule has 28 heavy (non-hydrogen) atoms. The summed E-state index contributed by atoms with van der Waals surface area (Å²) in [5, 5.41) is 3.13. The van der Waals surface area contributed by atoms with Gasteiger partial charge in [-0.2, -0.15) is 13.2 Å². The molecule has 2 heterocycles.